The molecule has 1 aromatic heterocycles. The Morgan fingerprint density at radius 2 is 1.80 bits per heavy atom. The summed E-state index contributed by atoms with van der Waals surface area (Å²) in [7, 11) is 3.58. The molecule has 2 rings (SSSR count). The largest absolute Gasteiger partial charge is 0.328 e. The quantitative estimate of drug-likeness (QED) is 0.745. The number of halogens is 2. The van der Waals surface area contributed by atoms with Gasteiger partial charge in [0.15, 0.2) is 0 Å². The highest BCUT2D eigenvalue weighted by Gasteiger charge is 2.20. The lowest BCUT2D eigenvalue weighted by molar-refractivity contribution is 0.507. The van der Waals surface area contributed by atoms with Crippen molar-refractivity contribution >= 4 is 38.6 Å². The Hall–Kier alpha value is -0.740. The summed E-state index contributed by atoms with van der Waals surface area (Å²) in [6.07, 6.45) is 2.21. The average molecular weight is 360 g/mol. The highest BCUT2D eigenvalue weighted by Crippen LogP contribution is 2.37. The maximum absolute atomic E-state index is 12.0. The van der Waals surface area contributed by atoms with Gasteiger partial charge in [0, 0.05) is 18.6 Å². The van der Waals surface area contributed by atoms with E-state index in [1.165, 1.54) is 0 Å². The zero-order chi connectivity index (χ0) is 15.0. The highest BCUT2D eigenvalue weighted by molar-refractivity contribution is 9.10. The van der Waals surface area contributed by atoms with Gasteiger partial charge in [-0.05, 0) is 30.0 Å². The number of benzene rings is 1. The zero-order valence-corrected chi connectivity index (χ0v) is 14.6. The molecule has 5 heteroatoms. The third-order valence-corrected chi connectivity index (χ3v) is 5.28. The van der Waals surface area contributed by atoms with Gasteiger partial charge >= 0.3 is 5.69 Å². The summed E-state index contributed by atoms with van der Waals surface area (Å²) in [6, 6.07) is 4.02. The summed E-state index contributed by atoms with van der Waals surface area (Å²) in [5.74, 6) is 0.399. The third-order valence-electron chi connectivity index (χ3n) is 3.93. The van der Waals surface area contributed by atoms with Crippen LogP contribution >= 0.6 is 27.5 Å². The van der Waals surface area contributed by atoms with Crippen molar-refractivity contribution in [2.45, 2.75) is 32.1 Å². The minimum absolute atomic E-state index is 0.0169. The molecular formula is C15H20BrClN2O. The van der Waals surface area contributed by atoms with Crippen molar-refractivity contribution in [2.24, 2.45) is 20.0 Å². The summed E-state index contributed by atoms with van der Waals surface area (Å²) in [5, 5.41) is -0.0518. The molecular weight excluding hydrogens is 340 g/mol. The van der Waals surface area contributed by atoms with Crippen LogP contribution in [0.4, 0.5) is 0 Å². The van der Waals surface area contributed by atoms with Crippen LogP contribution in [0, 0.1) is 5.92 Å². The number of imidazole rings is 1. The first-order chi connectivity index (χ1) is 9.38. The van der Waals surface area contributed by atoms with E-state index in [4.69, 9.17) is 11.6 Å². The molecule has 2 aromatic rings. The van der Waals surface area contributed by atoms with E-state index in [0.29, 0.717) is 5.92 Å². The van der Waals surface area contributed by atoms with Crippen molar-refractivity contribution < 1.29 is 0 Å². The predicted molar refractivity (Wildman–Crippen MR) is 88.5 cm³/mol. The fourth-order valence-corrected chi connectivity index (χ4v) is 3.67. The Labute approximate surface area is 132 Å². The van der Waals surface area contributed by atoms with Crippen LogP contribution in [0.3, 0.4) is 0 Å². The van der Waals surface area contributed by atoms with Gasteiger partial charge in [0.25, 0.3) is 0 Å². The summed E-state index contributed by atoms with van der Waals surface area (Å²) in [5.41, 5.74) is 2.88. The zero-order valence-electron chi connectivity index (χ0n) is 12.3. The Morgan fingerprint density at radius 3 is 2.35 bits per heavy atom. The van der Waals surface area contributed by atoms with Crippen LogP contribution in [-0.2, 0) is 14.1 Å². The first-order valence-corrected chi connectivity index (χ1v) is 8.10. The first kappa shape index (κ1) is 15.6. The second-order valence-corrected chi connectivity index (χ2v) is 6.76. The number of fused-ring (bicyclic) bond motifs is 1. The Balaban J connectivity index is 2.58. The number of alkyl halides is 1. The van der Waals surface area contributed by atoms with Gasteiger partial charge in [-0.3, -0.25) is 9.13 Å². The average Bonchev–Trinajstić information content (AvgIpc) is 2.62. The molecule has 3 nitrogen and oxygen atoms in total. The lowest BCUT2D eigenvalue weighted by atomic mass is 9.96. The van der Waals surface area contributed by atoms with Crippen molar-refractivity contribution in [2.75, 3.05) is 0 Å². The molecule has 1 heterocycles. The molecule has 0 radical (unpaired) electrons. The maximum Gasteiger partial charge on any atom is 0.328 e. The van der Waals surface area contributed by atoms with E-state index in [1.807, 2.05) is 12.1 Å². The van der Waals surface area contributed by atoms with Gasteiger partial charge in [-0.1, -0.05) is 36.2 Å². The monoisotopic (exact) mass is 358 g/mol. The molecule has 0 saturated heterocycles. The lowest BCUT2D eigenvalue weighted by Crippen LogP contribution is -2.19. The fourth-order valence-electron chi connectivity index (χ4n) is 2.66. The predicted octanol–water partition coefficient (Wildman–Crippen LogP) is 4.36. The molecule has 1 aromatic carbocycles. The minimum Gasteiger partial charge on any atom is -0.295 e. The number of hydrogen-bond donors (Lipinski definition) is 0. The van der Waals surface area contributed by atoms with Crippen LogP contribution in [0.1, 0.15) is 37.6 Å². The van der Waals surface area contributed by atoms with Crippen molar-refractivity contribution in [1.82, 2.24) is 9.13 Å². The first-order valence-electron chi connectivity index (χ1n) is 6.87. The number of hydrogen-bond acceptors (Lipinski definition) is 1. The van der Waals surface area contributed by atoms with Gasteiger partial charge < -0.3 is 0 Å². The van der Waals surface area contributed by atoms with E-state index in [0.717, 1.165) is 33.9 Å². The molecule has 0 spiro atoms. The van der Waals surface area contributed by atoms with Gasteiger partial charge in [-0.2, -0.15) is 0 Å². The van der Waals surface area contributed by atoms with E-state index in [9.17, 15) is 4.79 Å². The Morgan fingerprint density at radius 1 is 1.25 bits per heavy atom. The highest BCUT2D eigenvalue weighted by atomic mass is 79.9. The van der Waals surface area contributed by atoms with E-state index in [1.54, 1.807) is 23.2 Å². The number of aromatic nitrogens is 2. The van der Waals surface area contributed by atoms with E-state index < -0.39 is 0 Å². The second kappa shape index (κ2) is 5.94. The number of rotatable bonds is 4. The number of nitrogens with zero attached hydrogens (tertiary/aromatic N) is 2. The molecule has 0 amide bonds. The molecule has 0 aliphatic heterocycles. The topological polar surface area (TPSA) is 26.9 Å². The SMILES string of the molecule is CCCC(C)C(Cl)c1cc2c(cc1Br)n(C)c(=O)n2C. The Bertz CT molecular complexity index is 689. The van der Waals surface area contributed by atoms with Crippen molar-refractivity contribution in [3.8, 4) is 0 Å². The van der Waals surface area contributed by atoms with Crippen LogP contribution in [0.25, 0.3) is 11.0 Å². The molecule has 2 atom stereocenters. The van der Waals surface area contributed by atoms with Gasteiger partial charge in [-0.25, -0.2) is 4.79 Å². The van der Waals surface area contributed by atoms with Gasteiger partial charge in [0.05, 0.1) is 16.4 Å². The van der Waals surface area contributed by atoms with Gasteiger partial charge in [0.2, 0.25) is 0 Å². The van der Waals surface area contributed by atoms with Crippen molar-refractivity contribution in [3.63, 3.8) is 0 Å². The summed E-state index contributed by atoms with van der Waals surface area (Å²) in [4.78, 5) is 12.0. The van der Waals surface area contributed by atoms with E-state index in [-0.39, 0.29) is 11.1 Å². The van der Waals surface area contributed by atoms with Crippen LogP contribution in [0.2, 0.25) is 0 Å². The molecule has 110 valence electrons. The van der Waals surface area contributed by atoms with Crippen molar-refractivity contribution in [1.29, 1.82) is 0 Å². The van der Waals surface area contributed by atoms with Crippen LogP contribution in [0.5, 0.6) is 0 Å². The summed E-state index contributed by atoms with van der Waals surface area (Å²) in [6.45, 7) is 4.33. The van der Waals surface area contributed by atoms with Gasteiger partial charge in [-0.15, -0.1) is 11.6 Å². The molecule has 0 saturated carbocycles. The third kappa shape index (κ3) is 2.56. The summed E-state index contributed by atoms with van der Waals surface area (Å²) >= 11 is 10.2. The number of aryl methyl sites for hydroxylation is 2. The Kier molecular flexibility index (Phi) is 4.65. The summed E-state index contributed by atoms with van der Waals surface area (Å²) < 4.78 is 4.29. The smallest absolute Gasteiger partial charge is 0.295 e. The molecule has 0 aliphatic rings. The van der Waals surface area contributed by atoms with Crippen LogP contribution in [-0.4, -0.2) is 9.13 Å². The van der Waals surface area contributed by atoms with Crippen molar-refractivity contribution in [3.05, 3.63) is 32.7 Å². The molecule has 0 aliphatic carbocycles. The van der Waals surface area contributed by atoms with Gasteiger partial charge in [0.1, 0.15) is 0 Å². The van der Waals surface area contributed by atoms with Crippen LogP contribution < -0.4 is 5.69 Å². The molecule has 2 unspecified atom stereocenters. The second-order valence-electron chi connectivity index (χ2n) is 5.43. The molecule has 0 bridgehead atoms. The fraction of sp³-hybridized carbons (Fsp3) is 0.533. The maximum atomic E-state index is 12.0. The standard InChI is InChI=1S/C15H20BrClN2O/c1-5-6-9(2)14(17)10-7-12-13(8-11(10)16)19(4)15(20)18(12)3/h7-9,14H,5-6H2,1-4H3. The van der Waals surface area contributed by atoms with E-state index >= 15 is 0 Å². The molecule has 0 N–H and O–H groups in total. The lowest BCUT2D eigenvalue weighted by Gasteiger charge is -2.19. The van der Waals surface area contributed by atoms with Crippen LogP contribution in [0.15, 0.2) is 21.4 Å². The van der Waals surface area contributed by atoms with E-state index in [2.05, 4.69) is 29.8 Å². The molecule has 20 heavy (non-hydrogen) atoms. The molecule has 0 fully saturated rings. The minimum atomic E-state index is -0.0518. The normalized spacial score (nSPS) is 14.7.